The van der Waals surface area contributed by atoms with E-state index in [1.54, 1.807) is 12.0 Å². The second-order valence-corrected chi connectivity index (χ2v) is 6.95. The van der Waals surface area contributed by atoms with Gasteiger partial charge < -0.3 is 10.5 Å². The highest BCUT2D eigenvalue weighted by Crippen LogP contribution is 2.33. The van der Waals surface area contributed by atoms with Gasteiger partial charge in [0.2, 0.25) is 11.8 Å². The van der Waals surface area contributed by atoms with Crippen LogP contribution < -0.4 is 10.5 Å². The van der Waals surface area contributed by atoms with Gasteiger partial charge in [0.25, 0.3) is 0 Å². The van der Waals surface area contributed by atoms with E-state index in [2.05, 4.69) is 4.99 Å². The van der Waals surface area contributed by atoms with Crippen LogP contribution in [0.2, 0.25) is 0 Å². The van der Waals surface area contributed by atoms with Gasteiger partial charge in [0, 0.05) is 6.42 Å². The van der Waals surface area contributed by atoms with Crippen molar-refractivity contribution in [2.75, 3.05) is 7.11 Å². The molecule has 0 unspecified atom stereocenters. The van der Waals surface area contributed by atoms with Crippen LogP contribution in [0.25, 0.3) is 0 Å². The number of hydrogen-bond acceptors (Lipinski definition) is 5. The smallest absolute Gasteiger partial charge is 0.242 e. The van der Waals surface area contributed by atoms with Crippen LogP contribution in [0.4, 0.5) is 5.69 Å². The molecule has 6 nitrogen and oxygen atoms in total. The number of carbonyl (C=O) groups excluding carboxylic acids is 2. The number of aliphatic imine (C=N–C) groups is 1. The second-order valence-electron chi connectivity index (χ2n) is 5.78. The summed E-state index contributed by atoms with van der Waals surface area (Å²) in [4.78, 5) is 30.2. The topological polar surface area (TPSA) is 85.0 Å². The van der Waals surface area contributed by atoms with Gasteiger partial charge in [-0.3, -0.25) is 14.5 Å². The van der Waals surface area contributed by atoms with E-state index >= 15 is 0 Å². The summed E-state index contributed by atoms with van der Waals surface area (Å²) in [6, 6.07) is 16.9. The number of thioether (sulfide) groups is 1. The van der Waals surface area contributed by atoms with Crippen LogP contribution in [0, 0.1) is 0 Å². The lowest BCUT2D eigenvalue weighted by Gasteiger charge is -2.16. The minimum absolute atomic E-state index is 0.00355. The molecule has 26 heavy (non-hydrogen) atoms. The Bertz CT molecular complexity index is 822. The molecule has 1 aliphatic rings. The van der Waals surface area contributed by atoms with E-state index < -0.39 is 11.2 Å². The van der Waals surface area contributed by atoms with Crippen LogP contribution >= 0.6 is 11.8 Å². The van der Waals surface area contributed by atoms with E-state index in [4.69, 9.17) is 10.5 Å². The highest BCUT2D eigenvalue weighted by Gasteiger charge is 2.38. The SMILES string of the molecule is COc1ccc(N=C2S[C@H](CC(N)=O)C(=O)N2Cc2ccccc2)cc1. The Hall–Kier alpha value is -2.80. The standard InChI is InChI=1S/C19H19N3O3S/c1-25-15-9-7-14(8-10-15)21-19-22(12-13-5-3-2-4-6-13)18(24)16(26-19)11-17(20)23/h2-10,16H,11-12H2,1H3,(H2,20,23)/t16-/m1/s1. The first kappa shape index (κ1) is 18.0. The molecule has 0 aliphatic carbocycles. The van der Waals surface area contributed by atoms with Crippen molar-refractivity contribution in [3.05, 3.63) is 60.2 Å². The lowest BCUT2D eigenvalue weighted by molar-refractivity contribution is -0.128. The van der Waals surface area contributed by atoms with Crippen LogP contribution in [0.5, 0.6) is 5.75 Å². The lowest BCUT2D eigenvalue weighted by atomic mass is 10.2. The molecule has 0 radical (unpaired) electrons. The largest absolute Gasteiger partial charge is 0.497 e. The number of nitrogens with zero attached hydrogens (tertiary/aromatic N) is 2. The number of carbonyl (C=O) groups is 2. The number of amidine groups is 1. The Morgan fingerprint density at radius 3 is 2.50 bits per heavy atom. The zero-order valence-electron chi connectivity index (χ0n) is 14.3. The Labute approximate surface area is 156 Å². The summed E-state index contributed by atoms with van der Waals surface area (Å²) in [7, 11) is 1.60. The van der Waals surface area contributed by atoms with Gasteiger partial charge in [-0.1, -0.05) is 42.1 Å². The summed E-state index contributed by atoms with van der Waals surface area (Å²) >= 11 is 1.27. The van der Waals surface area contributed by atoms with E-state index in [9.17, 15) is 9.59 Å². The van der Waals surface area contributed by atoms with Crippen molar-refractivity contribution in [3.8, 4) is 5.75 Å². The molecular weight excluding hydrogens is 350 g/mol. The third kappa shape index (κ3) is 4.23. The molecule has 0 aromatic heterocycles. The van der Waals surface area contributed by atoms with E-state index in [-0.39, 0.29) is 12.3 Å². The summed E-state index contributed by atoms with van der Waals surface area (Å²) in [5.41, 5.74) is 6.98. The molecule has 0 spiro atoms. The number of amides is 2. The summed E-state index contributed by atoms with van der Waals surface area (Å²) in [6.45, 7) is 0.400. The van der Waals surface area contributed by atoms with Crippen LogP contribution in [0.15, 0.2) is 59.6 Å². The van der Waals surface area contributed by atoms with Gasteiger partial charge in [0.15, 0.2) is 5.17 Å². The van der Waals surface area contributed by atoms with E-state index in [0.29, 0.717) is 17.4 Å². The average Bonchev–Trinajstić information content (AvgIpc) is 2.91. The molecular formula is C19H19N3O3S. The van der Waals surface area contributed by atoms with Crippen LogP contribution in [-0.4, -0.2) is 34.2 Å². The molecule has 1 heterocycles. The van der Waals surface area contributed by atoms with Crippen molar-refractivity contribution in [3.63, 3.8) is 0 Å². The third-order valence-electron chi connectivity index (χ3n) is 3.89. The Kier molecular flexibility index (Phi) is 5.58. The Balaban J connectivity index is 1.88. The fraction of sp³-hybridized carbons (Fsp3) is 0.211. The summed E-state index contributed by atoms with van der Waals surface area (Å²) in [5.74, 6) is 0.0861. The fourth-order valence-electron chi connectivity index (χ4n) is 2.59. The number of benzene rings is 2. The zero-order chi connectivity index (χ0) is 18.5. The third-order valence-corrected chi connectivity index (χ3v) is 5.06. The molecule has 3 rings (SSSR count). The zero-order valence-corrected chi connectivity index (χ0v) is 15.1. The maximum Gasteiger partial charge on any atom is 0.242 e. The first-order valence-corrected chi connectivity index (χ1v) is 8.98. The Morgan fingerprint density at radius 2 is 1.88 bits per heavy atom. The minimum atomic E-state index is -0.534. The number of methoxy groups -OCH3 is 1. The van der Waals surface area contributed by atoms with Gasteiger partial charge >= 0.3 is 0 Å². The predicted molar refractivity (Wildman–Crippen MR) is 102 cm³/mol. The van der Waals surface area contributed by atoms with Crippen LogP contribution in [0.3, 0.4) is 0 Å². The number of rotatable bonds is 6. The molecule has 1 aliphatic heterocycles. The lowest BCUT2D eigenvalue weighted by Crippen LogP contribution is -2.33. The van der Waals surface area contributed by atoms with Crippen molar-refractivity contribution < 1.29 is 14.3 Å². The highest BCUT2D eigenvalue weighted by molar-refractivity contribution is 8.15. The molecule has 2 amide bonds. The van der Waals surface area contributed by atoms with Crippen molar-refractivity contribution in [1.82, 2.24) is 4.90 Å². The molecule has 2 aromatic carbocycles. The second kappa shape index (κ2) is 8.05. The molecule has 0 bridgehead atoms. The molecule has 1 saturated heterocycles. The number of nitrogens with two attached hydrogens (primary N) is 1. The molecule has 0 saturated carbocycles. The summed E-state index contributed by atoms with van der Waals surface area (Å²) < 4.78 is 5.15. The number of ether oxygens (including phenoxy) is 1. The molecule has 2 N–H and O–H groups in total. The predicted octanol–water partition coefficient (Wildman–Crippen LogP) is 2.70. The van der Waals surface area contributed by atoms with Gasteiger partial charge in [-0.2, -0.15) is 0 Å². The first-order valence-electron chi connectivity index (χ1n) is 8.10. The first-order chi connectivity index (χ1) is 12.6. The van der Waals surface area contributed by atoms with Gasteiger partial charge in [0.1, 0.15) is 11.0 Å². The van der Waals surface area contributed by atoms with Gasteiger partial charge in [-0.05, 0) is 29.8 Å². The van der Waals surface area contributed by atoms with E-state index in [0.717, 1.165) is 11.3 Å². The Morgan fingerprint density at radius 1 is 1.19 bits per heavy atom. The molecule has 2 aromatic rings. The maximum absolute atomic E-state index is 12.7. The summed E-state index contributed by atoms with van der Waals surface area (Å²) in [6.07, 6.45) is -0.00355. The van der Waals surface area contributed by atoms with Crippen LogP contribution in [-0.2, 0) is 16.1 Å². The van der Waals surface area contributed by atoms with Crippen LogP contribution in [0.1, 0.15) is 12.0 Å². The van der Waals surface area contributed by atoms with Gasteiger partial charge in [-0.25, -0.2) is 4.99 Å². The normalized spacial score (nSPS) is 18.3. The number of primary amides is 1. The highest BCUT2D eigenvalue weighted by atomic mass is 32.2. The molecule has 1 fully saturated rings. The quantitative estimate of drug-likeness (QED) is 0.848. The van der Waals surface area contributed by atoms with Gasteiger partial charge in [0.05, 0.1) is 19.3 Å². The van der Waals surface area contributed by atoms with E-state index in [1.807, 2.05) is 54.6 Å². The minimum Gasteiger partial charge on any atom is -0.497 e. The average molecular weight is 369 g/mol. The van der Waals surface area contributed by atoms with Crippen molar-refractivity contribution >= 4 is 34.4 Å². The monoisotopic (exact) mass is 369 g/mol. The molecule has 1 atom stereocenters. The molecule has 134 valence electrons. The van der Waals surface area contributed by atoms with Gasteiger partial charge in [-0.15, -0.1) is 0 Å². The van der Waals surface area contributed by atoms with E-state index in [1.165, 1.54) is 11.8 Å². The summed E-state index contributed by atoms with van der Waals surface area (Å²) in [5, 5.41) is 0.0310. The van der Waals surface area contributed by atoms with Crippen molar-refractivity contribution in [1.29, 1.82) is 0 Å². The maximum atomic E-state index is 12.7. The van der Waals surface area contributed by atoms with Crippen molar-refractivity contribution in [2.24, 2.45) is 10.7 Å². The molecule has 7 heteroatoms. The fourth-order valence-corrected chi connectivity index (χ4v) is 3.76. The van der Waals surface area contributed by atoms with Crippen molar-refractivity contribution in [2.45, 2.75) is 18.2 Å². The number of hydrogen-bond donors (Lipinski definition) is 1.